The molecule has 106 valence electrons. The van der Waals surface area contributed by atoms with Gasteiger partial charge in [-0.15, -0.1) is 0 Å². The van der Waals surface area contributed by atoms with Crippen molar-refractivity contribution in [2.75, 3.05) is 0 Å². The standard InChI is InChI=1S/C16H14FN3O/c1-10-6-7-11(17)8-12(10)16(21)18-9-15-19-13-4-2-3-5-14(13)20-15/h2-8H,9H2,1H3,(H,18,21)(H,19,20). The fourth-order valence-electron chi connectivity index (χ4n) is 2.19. The number of carbonyl (C=O) groups is 1. The second-order valence-corrected chi connectivity index (χ2v) is 4.84. The van der Waals surface area contributed by atoms with Crippen molar-refractivity contribution in [2.24, 2.45) is 0 Å². The zero-order valence-corrected chi connectivity index (χ0v) is 11.5. The maximum absolute atomic E-state index is 13.2. The topological polar surface area (TPSA) is 57.8 Å². The first-order chi connectivity index (χ1) is 10.1. The summed E-state index contributed by atoms with van der Waals surface area (Å²) in [4.78, 5) is 19.6. The summed E-state index contributed by atoms with van der Waals surface area (Å²) in [7, 11) is 0. The number of carbonyl (C=O) groups excluding carboxylic acids is 1. The normalized spacial score (nSPS) is 10.8. The third-order valence-electron chi connectivity index (χ3n) is 3.30. The molecule has 0 atom stereocenters. The SMILES string of the molecule is Cc1ccc(F)cc1C(=O)NCc1nc2ccccc2[nH]1. The van der Waals surface area contributed by atoms with Crippen LogP contribution in [-0.2, 0) is 6.54 Å². The van der Waals surface area contributed by atoms with Gasteiger partial charge in [0, 0.05) is 5.56 Å². The van der Waals surface area contributed by atoms with E-state index in [9.17, 15) is 9.18 Å². The molecule has 0 radical (unpaired) electrons. The highest BCUT2D eigenvalue weighted by Gasteiger charge is 2.11. The summed E-state index contributed by atoms with van der Waals surface area (Å²) in [6.07, 6.45) is 0. The van der Waals surface area contributed by atoms with Gasteiger partial charge in [0.15, 0.2) is 0 Å². The summed E-state index contributed by atoms with van der Waals surface area (Å²) in [5, 5.41) is 2.74. The van der Waals surface area contributed by atoms with Crippen LogP contribution in [0.2, 0.25) is 0 Å². The summed E-state index contributed by atoms with van der Waals surface area (Å²) in [6.45, 7) is 2.04. The minimum Gasteiger partial charge on any atom is -0.345 e. The van der Waals surface area contributed by atoms with Crippen LogP contribution in [0.4, 0.5) is 4.39 Å². The first kappa shape index (κ1) is 13.3. The van der Waals surface area contributed by atoms with Gasteiger partial charge in [-0.3, -0.25) is 4.79 Å². The summed E-state index contributed by atoms with van der Waals surface area (Å²) in [5.74, 6) is -0.0689. The average Bonchev–Trinajstić information content (AvgIpc) is 2.90. The van der Waals surface area contributed by atoms with Crippen LogP contribution in [0.1, 0.15) is 21.7 Å². The molecule has 0 saturated heterocycles. The number of fused-ring (bicyclic) bond motifs is 1. The van der Waals surface area contributed by atoms with E-state index < -0.39 is 5.82 Å². The fraction of sp³-hybridized carbons (Fsp3) is 0.125. The van der Waals surface area contributed by atoms with Crippen molar-refractivity contribution in [2.45, 2.75) is 13.5 Å². The largest absolute Gasteiger partial charge is 0.345 e. The number of rotatable bonds is 3. The monoisotopic (exact) mass is 283 g/mol. The molecule has 1 heterocycles. The number of aromatic amines is 1. The van der Waals surface area contributed by atoms with Crippen LogP contribution in [0.25, 0.3) is 11.0 Å². The summed E-state index contributed by atoms with van der Waals surface area (Å²) >= 11 is 0. The molecule has 3 aromatic rings. The summed E-state index contributed by atoms with van der Waals surface area (Å²) in [6, 6.07) is 11.8. The van der Waals surface area contributed by atoms with E-state index in [1.807, 2.05) is 24.3 Å². The van der Waals surface area contributed by atoms with Crippen molar-refractivity contribution in [3.05, 3.63) is 65.2 Å². The Hall–Kier alpha value is -2.69. The average molecular weight is 283 g/mol. The third-order valence-corrected chi connectivity index (χ3v) is 3.30. The van der Waals surface area contributed by atoms with E-state index >= 15 is 0 Å². The molecule has 2 aromatic carbocycles. The molecule has 2 N–H and O–H groups in total. The number of nitrogens with zero attached hydrogens (tertiary/aromatic N) is 1. The van der Waals surface area contributed by atoms with Gasteiger partial charge in [-0.1, -0.05) is 18.2 Å². The molecule has 0 aliphatic carbocycles. The molecule has 0 aliphatic rings. The molecule has 0 fully saturated rings. The lowest BCUT2D eigenvalue weighted by Crippen LogP contribution is -2.24. The molecule has 5 heteroatoms. The molecular weight excluding hydrogens is 269 g/mol. The maximum atomic E-state index is 13.2. The lowest BCUT2D eigenvalue weighted by molar-refractivity contribution is 0.0949. The Morgan fingerprint density at radius 1 is 1.29 bits per heavy atom. The predicted molar refractivity (Wildman–Crippen MR) is 78.4 cm³/mol. The Bertz CT molecular complexity index is 777. The van der Waals surface area contributed by atoms with Crippen LogP contribution >= 0.6 is 0 Å². The molecule has 4 nitrogen and oxygen atoms in total. The van der Waals surface area contributed by atoms with Crippen molar-refractivity contribution in [3.63, 3.8) is 0 Å². The zero-order chi connectivity index (χ0) is 14.8. The zero-order valence-electron chi connectivity index (χ0n) is 11.5. The second kappa shape index (κ2) is 5.36. The number of halogens is 1. The molecule has 0 saturated carbocycles. The first-order valence-electron chi connectivity index (χ1n) is 6.61. The number of imidazole rings is 1. The van der Waals surface area contributed by atoms with Crippen LogP contribution in [0, 0.1) is 12.7 Å². The molecule has 0 bridgehead atoms. The van der Waals surface area contributed by atoms with E-state index in [0.29, 0.717) is 11.4 Å². The van der Waals surface area contributed by atoms with Gasteiger partial charge >= 0.3 is 0 Å². The van der Waals surface area contributed by atoms with E-state index in [2.05, 4.69) is 15.3 Å². The fourth-order valence-corrected chi connectivity index (χ4v) is 2.19. The van der Waals surface area contributed by atoms with Crippen LogP contribution in [-0.4, -0.2) is 15.9 Å². The van der Waals surface area contributed by atoms with E-state index in [1.54, 1.807) is 13.0 Å². The minimum absolute atomic E-state index is 0.267. The Balaban J connectivity index is 1.74. The molecule has 1 amide bonds. The van der Waals surface area contributed by atoms with Gasteiger partial charge in [-0.05, 0) is 36.8 Å². The quantitative estimate of drug-likeness (QED) is 0.776. The molecule has 0 aliphatic heterocycles. The molecule has 21 heavy (non-hydrogen) atoms. The Morgan fingerprint density at radius 3 is 2.90 bits per heavy atom. The van der Waals surface area contributed by atoms with Crippen molar-refractivity contribution < 1.29 is 9.18 Å². The van der Waals surface area contributed by atoms with Gasteiger partial charge in [0.2, 0.25) is 0 Å². The summed E-state index contributed by atoms with van der Waals surface area (Å²) < 4.78 is 13.2. The molecule has 1 aromatic heterocycles. The first-order valence-corrected chi connectivity index (χ1v) is 6.61. The van der Waals surface area contributed by atoms with Gasteiger partial charge in [0.05, 0.1) is 17.6 Å². The Kier molecular flexibility index (Phi) is 3.39. The third kappa shape index (κ3) is 2.76. The van der Waals surface area contributed by atoms with Gasteiger partial charge in [-0.25, -0.2) is 9.37 Å². The number of nitrogens with one attached hydrogen (secondary N) is 2. The molecule has 0 unspecified atom stereocenters. The second-order valence-electron chi connectivity index (χ2n) is 4.84. The van der Waals surface area contributed by atoms with Gasteiger partial charge in [0.25, 0.3) is 5.91 Å². The van der Waals surface area contributed by atoms with Gasteiger partial charge in [0.1, 0.15) is 11.6 Å². The van der Waals surface area contributed by atoms with Crippen molar-refractivity contribution in [1.82, 2.24) is 15.3 Å². The molecule has 3 rings (SSSR count). The smallest absolute Gasteiger partial charge is 0.252 e. The lowest BCUT2D eigenvalue weighted by atomic mass is 10.1. The number of benzene rings is 2. The number of hydrogen-bond acceptors (Lipinski definition) is 2. The molecular formula is C16H14FN3O. The molecule has 0 spiro atoms. The van der Waals surface area contributed by atoms with Gasteiger partial charge < -0.3 is 10.3 Å². The highest BCUT2D eigenvalue weighted by Crippen LogP contribution is 2.12. The predicted octanol–water partition coefficient (Wildman–Crippen LogP) is 2.94. The van der Waals surface area contributed by atoms with E-state index in [1.165, 1.54) is 12.1 Å². The number of hydrogen-bond donors (Lipinski definition) is 2. The Labute approximate surface area is 121 Å². The van der Waals surface area contributed by atoms with Crippen LogP contribution < -0.4 is 5.32 Å². The number of H-pyrrole nitrogens is 1. The van der Waals surface area contributed by atoms with Crippen LogP contribution in [0.3, 0.4) is 0 Å². The van der Waals surface area contributed by atoms with E-state index in [0.717, 1.165) is 16.6 Å². The summed E-state index contributed by atoms with van der Waals surface area (Å²) in [5.41, 5.74) is 2.84. The highest BCUT2D eigenvalue weighted by molar-refractivity contribution is 5.95. The van der Waals surface area contributed by atoms with Crippen LogP contribution in [0.15, 0.2) is 42.5 Å². The van der Waals surface area contributed by atoms with Crippen molar-refractivity contribution in [1.29, 1.82) is 0 Å². The van der Waals surface area contributed by atoms with Crippen molar-refractivity contribution >= 4 is 16.9 Å². The number of para-hydroxylation sites is 2. The highest BCUT2D eigenvalue weighted by atomic mass is 19.1. The van der Waals surface area contributed by atoms with E-state index in [-0.39, 0.29) is 12.5 Å². The van der Waals surface area contributed by atoms with Crippen LogP contribution in [0.5, 0.6) is 0 Å². The number of amides is 1. The minimum atomic E-state index is -0.422. The van der Waals surface area contributed by atoms with Gasteiger partial charge in [-0.2, -0.15) is 0 Å². The maximum Gasteiger partial charge on any atom is 0.252 e. The number of aryl methyl sites for hydroxylation is 1. The Morgan fingerprint density at radius 2 is 2.10 bits per heavy atom. The number of aromatic nitrogens is 2. The van der Waals surface area contributed by atoms with Crippen molar-refractivity contribution in [3.8, 4) is 0 Å². The van der Waals surface area contributed by atoms with E-state index in [4.69, 9.17) is 0 Å². The lowest BCUT2D eigenvalue weighted by Gasteiger charge is -2.06.